The van der Waals surface area contributed by atoms with E-state index in [-0.39, 0.29) is 18.6 Å². The third-order valence-corrected chi connectivity index (χ3v) is 5.55. The van der Waals surface area contributed by atoms with Gasteiger partial charge in [0, 0.05) is 24.2 Å². The van der Waals surface area contributed by atoms with Gasteiger partial charge in [-0.3, -0.25) is 9.63 Å². The standard InChI is InChI=1S/C19H17FN6O4/c20-11-5-12-14-2-4-30-26(14)15-1-3-25-16(23-15)13(7-22-25)17(27)24-19(8-28-9-19)10-29-18(12)21-6-11/h1,3,5-7,14H,2,4,8-10H2,(H,24,27). The molecule has 2 fully saturated rings. The summed E-state index contributed by atoms with van der Waals surface area (Å²) in [6.45, 7) is 1.16. The van der Waals surface area contributed by atoms with Crippen molar-refractivity contribution in [3.05, 3.63) is 47.7 Å². The lowest BCUT2D eigenvalue weighted by Gasteiger charge is -2.41. The highest BCUT2D eigenvalue weighted by Gasteiger charge is 2.43. The van der Waals surface area contributed by atoms with E-state index in [1.165, 1.54) is 16.8 Å². The Morgan fingerprint density at radius 2 is 2.17 bits per heavy atom. The molecule has 3 aromatic heterocycles. The first-order valence-electron chi connectivity index (χ1n) is 9.57. The molecule has 0 saturated carbocycles. The number of hydroxylamine groups is 1. The molecule has 1 atom stereocenters. The number of pyridine rings is 1. The molecule has 0 aromatic carbocycles. The number of anilines is 1. The van der Waals surface area contributed by atoms with Crippen LogP contribution in [-0.2, 0) is 9.57 Å². The predicted molar refractivity (Wildman–Crippen MR) is 99.5 cm³/mol. The van der Waals surface area contributed by atoms with Gasteiger partial charge >= 0.3 is 0 Å². The first-order valence-corrected chi connectivity index (χ1v) is 9.57. The van der Waals surface area contributed by atoms with Crippen LogP contribution in [0.25, 0.3) is 5.65 Å². The van der Waals surface area contributed by atoms with E-state index < -0.39 is 11.4 Å². The second-order valence-corrected chi connectivity index (χ2v) is 7.64. The summed E-state index contributed by atoms with van der Waals surface area (Å²) in [5.74, 6) is -0.0200. The summed E-state index contributed by atoms with van der Waals surface area (Å²) in [5.41, 5.74) is 0.576. The van der Waals surface area contributed by atoms with E-state index in [0.29, 0.717) is 54.7 Å². The Bertz CT molecular complexity index is 1160. The Labute approximate surface area is 169 Å². The number of nitrogens with one attached hydrogen (secondary N) is 1. The highest BCUT2D eigenvalue weighted by molar-refractivity contribution is 6.00. The topological polar surface area (TPSA) is 103 Å². The Morgan fingerprint density at radius 1 is 1.27 bits per heavy atom. The summed E-state index contributed by atoms with van der Waals surface area (Å²) < 4.78 is 27.0. The quantitative estimate of drug-likeness (QED) is 0.584. The van der Waals surface area contributed by atoms with Crippen LogP contribution < -0.4 is 15.1 Å². The lowest BCUT2D eigenvalue weighted by atomic mass is 9.98. The van der Waals surface area contributed by atoms with Crippen LogP contribution >= 0.6 is 0 Å². The van der Waals surface area contributed by atoms with E-state index in [1.807, 2.05) is 0 Å². The van der Waals surface area contributed by atoms with Crippen molar-refractivity contribution in [2.45, 2.75) is 18.0 Å². The number of carbonyl (C=O) groups is 1. The molecule has 3 aliphatic heterocycles. The number of carbonyl (C=O) groups excluding carboxylic acids is 1. The second-order valence-electron chi connectivity index (χ2n) is 7.64. The molecule has 3 aliphatic rings. The van der Waals surface area contributed by atoms with Crippen molar-refractivity contribution in [2.24, 2.45) is 0 Å². The average Bonchev–Trinajstić information content (AvgIpc) is 3.36. The lowest BCUT2D eigenvalue weighted by Crippen LogP contribution is -2.65. The largest absolute Gasteiger partial charge is 0.475 e. The van der Waals surface area contributed by atoms with Crippen molar-refractivity contribution in [1.29, 1.82) is 0 Å². The van der Waals surface area contributed by atoms with Gasteiger partial charge in [-0.1, -0.05) is 0 Å². The second kappa shape index (κ2) is 6.34. The molecule has 0 radical (unpaired) electrons. The van der Waals surface area contributed by atoms with Crippen LogP contribution in [0, 0.1) is 5.82 Å². The smallest absolute Gasteiger partial charge is 0.257 e. The molecular formula is C19H17FN6O4. The van der Waals surface area contributed by atoms with Crippen molar-refractivity contribution >= 4 is 17.4 Å². The molecule has 6 heterocycles. The van der Waals surface area contributed by atoms with E-state index in [4.69, 9.17) is 14.3 Å². The molecule has 10 nitrogen and oxygen atoms in total. The van der Waals surface area contributed by atoms with E-state index in [0.717, 1.165) is 6.20 Å². The number of ether oxygens (including phenoxy) is 2. The van der Waals surface area contributed by atoms with Crippen molar-refractivity contribution in [3.63, 3.8) is 0 Å². The van der Waals surface area contributed by atoms with Gasteiger partial charge in [0.1, 0.15) is 23.5 Å². The summed E-state index contributed by atoms with van der Waals surface area (Å²) in [7, 11) is 0. The molecule has 154 valence electrons. The van der Waals surface area contributed by atoms with Gasteiger partial charge in [0.2, 0.25) is 5.88 Å². The summed E-state index contributed by atoms with van der Waals surface area (Å²) in [4.78, 5) is 27.6. The van der Waals surface area contributed by atoms with Crippen LogP contribution in [-0.4, -0.2) is 57.5 Å². The van der Waals surface area contributed by atoms with Crippen LogP contribution in [0.2, 0.25) is 0 Å². The minimum absolute atomic E-state index is 0.132. The monoisotopic (exact) mass is 412 g/mol. The minimum atomic E-state index is -0.712. The van der Waals surface area contributed by atoms with Crippen molar-refractivity contribution in [2.75, 3.05) is 31.5 Å². The van der Waals surface area contributed by atoms with E-state index in [1.54, 1.807) is 17.3 Å². The summed E-state index contributed by atoms with van der Waals surface area (Å²) in [6.07, 6.45) is 4.90. The zero-order valence-electron chi connectivity index (χ0n) is 15.7. The molecule has 6 rings (SSSR count). The molecule has 1 N–H and O–H groups in total. The molecule has 30 heavy (non-hydrogen) atoms. The van der Waals surface area contributed by atoms with Crippen LogP contribution in [0.3, 0.4) is 0 Å². The van der Waals surface area contributed by atoms with Gasteiger partial charge in [0.25, 0.3) is 5.91 Å². The van der Waals surface area contributed by atoms with Crippen LogP contribution in [0.4, 0.5) is 10.2 Å². The first-order chi connectivity index (χ1) is 14.6. The van der Waals surface area contributed by atoms with Gasteiger partial charge in [-0.05, 0) is 6.07 Å². The van der Waals surface area contributed by atoms with Crippen LogP contribution in [0.5, 0.6) is 5.88 Å². The summed E-state index contributed by atoms with van der Waals surface area (Å²) in [6, 6.07) is 2.79. The SMILES string of the molecule is O=C1NC2(COC2)COc2ncc(F)cc2C2CCON2c2ccn3ncc1c3n2. The number of hydrogen-bond acceptors (Lipinski definition) is 8. The fourth-order valence-electron chi connectivity index (χ4n) is 3.98. The van der Waals surface area contributed by atoms with Crippen molar-refractivity contribution in [1.82, 2.24) is 24.9 Å². The minimum Gasteiger partial charge on any atom is -0.475 e. The molecule has 2 saturated heterocycles. The van der Waals surface area contributed by atoms with Gasteiger partial charge < -0.3 is 14.8 Å². The van der Waals surface area contributed by atoms with Gasteiger partial charge in [-0.15, -0.1) is 0 Å². The number of halogens is 1. The molecular weight excluding hydrogens is 395 g/mol. The van der Waals surface area contributed by atoms with Crippen LogP contribution in [0.15, 0.2) is 30.7 Å². The number of nitrogens with zero attached hydrogens (tertiary/aromatic N) is 5. The molecule has 2 bridgehead atoms. The number of fused-ring (bicyclic) bond motifs is 5. The number of aromatic nitrogens is 4. The maximum atomic E-state index is 14.1. The van der Waals surface area contributed by atoms with Crippen LogP contribution in [0.1, 0.15) is 28.4 Å². The third kappa shape index (κ3) is 2.62. The zero-order valence-corrected chi connectivity index (χ0v) is 15.7. The molecule has 11 heteroatoms. The molecule has 1 spiro atoms. The van der Waals surface area contributed by atoms with Gasteiger partial charge in [0.15, 0.2) is 11.5 Å². The normalized spacial score (nSPS) is 22.4. The average molecular weight is 412 g/mol. The Balaban J connectivity index is 1.54. The van der Waals surface area contributed by atoms with Gasteiger partial charge in [0.05, 0.1) is 38.3 Å². The number of amides is 1. The molecule has 3 aromatic rings. The predicted octanol–water partition coefficient (Wildman–Crippen LogP) is 1.04. The van der Waals surface area contributed by atoms with Crippen molar-refractivity contribution < 1.29 is 23.5 Å². The molecule has 1 unspecified atom stereocenters. The lowest BCUT2D eigenvalue weighted by molar-refractivity contribution is -0.0881. The summed E-state index contributed by atoms with van der Waals surface area (Å²) in [5, 5.41) is 8.82. The zero-order chi connectivity index (χ0) is 20.3. The highest BCUT2D eigenvalue weighted by Crippen LogP contribution is 2.38. The Morgan fingerprint density at radius 3 is 3.00 bits per heavy atom. The third-order valence-electron chi connectivity index (χ3n) is 5.55. The summed E-state index contributed by atoms with van der Waals surface area (Å²) >= 11 is 0. The van der Waals surface area contributed by atoms with Gasteiger partial charge in [-0.2, -0.15) is 5.10 Å². The fraction of sp³-hybridized carbons (Fsp3) is 0.368. The van der Waals surface area contributed by atoms with Crippen molar-refractivity contribution in [3.8, 4) is 5.88 Å². The molecule has 1 amide bonds. The van der Waals surface area contributed by atoms with E-state index in [9.17, 15) is 9.18 Å². The maximum absolute atomic E-state index is 14.1. The number of hydrogen-bond donors (Lipinski definition) is 1. The first kappa shape index (κ1) is 17.5. The Hall–Kier alpha value is -3.31. The fourth-order valence-corrected chi connectivity index (χ4v) is 3.98. The van der Waals surface area contributed by atoms with E-state index >= 15 is 0 Å². The maximum Gasteiger partial charge on any atom is 0.257 e. The Kier molecular flexibility index (Phi) is 3.71. The van der Waals surface area contributed by atoms with Gasteiger partial charge in [-0.25, -0.2) is 23.9 Å². The van der Waals surface area contributed by atoms with E-state index in [2.05, 4.69) is 20.4 Å². The number of rotatable bonds is 0. The highest BCUT2D eigenvalue weighted by atomic mass is 19.1. The molecule has 0 aliphatic carbocycles.